The van der Waals surface area contributed by atoms with Crippen molar-refractivity contribution in [3.63, 3.8) is 0 Å². The van der Waals surface area contributed by atoms with Gasteiger partial charge < -0.3 is 24.5 Å². The molecule has 2 fully saturated rings. The molecular weight excluding hydrogens is 440 g/mol. The molecule has 4 aromatic rings. The third-order valence-electron chi connectivity index (χ3n) is 7.32. The van der Waals surface area contributed by atoms with Crippen LogP contribution in [0, 0.1) is 6.92 Å². The quantitative estimate of drug-likeness (QED) is 0.398. The zero-order chi connectivity index (χ0) is 23.6. The Hall–Kier alpha value is -3.46. The summed E-state index contributed by atoms with van der Waals surface area (Å²) in [5.74, 6) is 2.07. The number of aryl methyl sites for hydroxylation is 1. The van der Waals surface area contributed by atoms with E-state index in [0.29, 0.717) is 12.0 Å². The first-order valence-electron chi connectivity index (χ1n) is 12.7. The van der Waals surface area contributed by atoms with Crippen LogP contribution < -0.4 is 15.5 Å². The van der Waals surface area contributed by atoms with E-state index in [4.69, 9.17) is 9.40 Å². The van der Waals surface area contributed by atoms with Gasteiger partial charge in [0, 0.05) is 43.8 Å². The molecule has 182 valence electrons. The fourth-order valence-corrected chi connectivity index (χ4v) is 5.49. The van der Waals surface area contributed by atoms with E-state index in [9.17, 15) is 0 Å². The minimum Gasteiger partial charge on any atom is -0.442 e. The van der Waals surface area contributed by atoms with Crippen molar-refractivity contribution in [1.29, 1.82) is 0 Å². The minimum atomic E-state index is 0.382. The third kappa shape index (κ3) is 4.36. The van der Waals surface area contributed by atoms with Gasteiger partial charge in [-0.15, -0.1) is 0 Å². The van der Waals surface area contributed by atoms with Gasteiger partial charge in [0.2, 0.25) is 5.95 Å². The molecule has 0 spiro atoms. The number of nitrogens with zero attached hydrogens (tertiary/aromatic N) is 6. The second-order valence-electron chi connectivity index (χ2n) is 9.55. The van der Waals surface area contributed by atoms with E-state index in [1.54, 1.807) is 6.20 Å². The second kappa shape index (κ2) is 9.65. The number of rotatable bonds is 5. The number of fused-ring (bicyclic) bond motifs is 1. The summed E-state index contributed by atoms with van der Waals surface area (Å²) < 4.78 is 8.15. The summed E-state index contributed by atoms with van der Waals surface area (Å²) in [6, 6.07) is 4.49. The van der Waals surface area contributed by atoms with E-state index in [2.05, 4.69) is 48.0 Å². The Kier molecular flexibility index (Phi) is 6.08. The Morgan fingerprint density at radius 2 is 1.83 bits per heavy atom. The lowest BCUT2D eigenvalue weighted by atomic mass is 10.1. The first-order valence-corrected chi connectivity index (χ1v) is 12.7. The van der Waals surface area contributed by atoms with Gasteiger partial charge in [0.25, 0.3) is 0 Å². The predicted molar refractivity (Wildman–Crippen MR) is 137 cm³/mol. The molecule has 4 aromatic heterocycles. The Morgan fingerprint density at radius 3 is 2.54 bits per heavy atom. The monoisotopic (exact) mass is 472 g/mol. The molecule has 1 saturated carbocycles. The summed E-state index contributed by atoms with van der Waals surface area (Å²) >= 11 is 0. The van der Waals surface area contributed by atoms with Gasteiger partial charge in [-0.1, -0.05) is 25.7 Å². The molecular formula is C26H32N8O. The maximum absolute atomic E-state index is 5.77. The van der Waals surface area contributed by atoms with Crippen molar-refractivity contribution in [2.24, 2.45) is 0 Å². The van der Waals surface area contributed by atoms with Gasteiger partial charge in [-0.2, -0.15) is 4.98 Å². The molecule has 1 aliphatic carbocycles. The van der Waals surface area contributed by atoms with Crippen LogP contribution >= 0.6 is 0 Å². The van der Waals surface area contributed by atoms with Crippen molar-refractivity contribution in [1.82, 2.24) is 29.8 Å². The molecule has 0 bridgehead atoms. The van der Waals surface area contributed by atoms with Crippen LogP contribution in [-0.4, -0.2) is 50.7 Å². The number of hydrogen-bond acceptors (Lipinski definition) is 8. The van der Waals surface area contributed by atoms with Crippen molar-refractivity contribution < 1.29 is 4.42 Å². The highest BCUT2D eigenvalue weighted by Crippen LogP contribution is 2.39. The normalized spacial score (nSPS) is 17.6. The number of hydrogen-bond donors (Lipinski definition) is 2. The first kappa shape index (κ1) is 22.0. The van der Waals surface area contributed by atoms with E-state index in [-0.39, 0.29) is 0 Å². The highest BCUT2D eigenvalue weighted by Gasteiger charge is 2.26. The lowest BCUT2D eigenvalue weighted by Crippen LogP contribution is -2.43. The van der Waals surface area contributed by atoms with E-state index in [0.717, 1.165) is 78.6 Å². The van der Waals surface area contributed by atoms with Crippen molar-refractivity contribution in [2.75, 3.05) is 36.4 Å². The predicted octanol–water partition coefficient (Wildman–Crippen LogP) is 4.84. The number of piperazine rings is 1. The molecule has 6 rings (SSSR count). The van der Waals surface area contributed by atoms with Crippen LogP contribution in [-0.2, 0) is 0 Å². The van der Waals surface area contributed by atoms with Gasteiger partial charge in [-0.05, 0) is 37.5 Å². The van der Waals surface area contributed by atoms with Crippen LogP contribution in [0.3, 0.4) is 0 Å². The molecule has 5 heterocycles. The summed E-state index contributed by atoms with van der Waals surface area (Å²) in [5.41, 5.74) is 4.28. The number of pyridine rings is 1. The van der Waals surface area contributed by atoms with Gasteiger partial charge in [-0.3, -0.25) is 0 Å². The zero-order valence-electron chi connectivity index (χ0n) is 20.2. The molecule has 0 radical (unpaired) electrons. The molecule has 0 atom stereocenters. The summed E-state index contributed by atoms with van der Waals surface area (Å²) in [6.45, 7) is 6.13. The molecule has 2 N–H and O–H groups in total. The second-order valence-corrected chi connectivity index (χ2v) is 9.55. The maximum atomic E-state index is 5.77. The molecule has 0 amide bonds. The van der Waals surface area contributed by atoms with Crippen molar-refractivity contribution in [3.05, 3.63) is 42.7 Å². The number of nitrogens with one attached hydrogen (secondary N) is 2. The molecule has 1 aliphatic heterocycles. The van der Waals surface area contributed by atoms with Crippen molar-refractivity contribution >= 4 is 28.5 Å². The van der Waals surface area contributed by atoms with Crippen LogP contribution in [0.5, 0.6) is 0 Å². The molecule has 0 aromatic carbocycles. The summed E-state index contributed by atoms with van der Waals surface area (Å²) in [5, 5.41) is 7.76. The van der Waals surface area contributed by atoms with E-state index in [1.165, 1.54) is 32.1 Å². The zero-order valence-corrected chi connectivity index (χ0v) is 20.2. The average molecular weight is 473 g/mol. The number of aromatic nitrogens is 5. The van der Waals surface area contributed by atoms with Gasteiger partial charge in [0.05, 0.1) is 23.8 Å². The van der Waals surface area contributed by atoms with Crippen molar-refractivity contribution in [3.8, 4) is 11.5 Å². The Morgan fingerprint density at radius 1 is 1.00 bits per heavy atom. The van der Waals surface area contributed by atoms with Crippen LogP contribution in [0.4, 0.5) is 17.5 Å². The maximum Gasteiger partial charge on any atom is 0.230 e. The minimum absolute atomic E-state index is 0.382. The standard InChI is InChI=1S/C26H32N8O/c1-18-21-15-30-26(31-23-9-8-20(14-29-23)33-12-10-27-11-13-33)32-25(21)34(19-6-4-2-3-5-7-19)24(18)22-16-28-17-35-22/h8-9,14-17,19,27H,2-7,10-13H2,1H3,(H,29,30,31,32). The van der Waals surface area contributed by atoms with Crippen LogP contribution in [0.25, 0.3) is 22.5 Å². The van der Waals surface area contributed by atoms with Gasteiger partial charge in [0.1, 0.15) is 11.5 Å². The van der Waals surface area contributed by atoms with Crippen LogP contribution in [0.1, 0.15) is 50.1 Å². The summed E-state index contributed by atoms with van der Waals surface area (Å²) in [7, 11) is 0. The van der Waals surface area contributed by atoms with Gasteiger partial charge in [-0.25, -0.2) is 15.0 Å². The summed E-state index contributed by atoms with van der Waals surface area (Å²) in [4.78, 5) is 20.8. The largest absolute Gasteiger partial charge is 0.442 e. The summed E-state index contributed by atoms with van der Waals surface area (Å²) in [6.07, 6.45) is 14.5. The van der Waals surface area contributed by atoms with Crippen LogP contribution in [0.2, 0.25) is 0 Å². The molecule has 9 heteroatoms. The smallest absolute Gasteiger partial charge is 0.230 e. The third-order valence-corrected chi connectivity index (χ3v) is 7.32. The van der Waals surface area contributed by atoms with E-state index < -0.39 is 0 Å². The number of anilines is 3. The van der Waals surface area contributed by atoms with E-state index in [1.807, 2.05) is 18.5 Å². The lowest BCUT2D eigenvalue weighted by Gasteiger charge is -2.29. The van der Waals surface area contributed by atoms with E-state index >= 15 is 0 Å². The van der Waals surface area contributed by atoms with Gasteiger partial charge >= 0.3 is 0 Å². The van der Waals surface area contributed by atoms with Crippen LogP contribution in [0.15, 0.2) is 41.5 Å². The molecule has 2 aliphatic rings. The first-order chi connectivity index (χ1) is 17.3. The lowest BCUT2D eigenvalue weighted by molar-refractivity contribution is 0.451. The molecule has 1 saturated heterocycles. The molecule has 0 unspecified atom stereocenters. The highest BCUT2D eigenvalue weighted by atomic mass is 16.3. The topological polar surface area (TPSA) is 96.9 Å². The van der Waals surface area contributed by atoms with Gasteiger partial charge in [0.15, 0.2) is 12.2 Å². The Balaban J connectivity index is 1.35. The molecule has 35 heavy (non-hydrogen) atoms. The fraction of sp³-hybridized carbons (Fsp3) is 0.462. The fourth-order valence-electron chi connectivity index (χ4n) is 5.49. The average Bonchev–Trinajstić information content (AvgIpc) is 3.42. The van der Waals surface area contributed by atoms with Crippen molar-refractivity contribution in [2.45, 2.75) is 51.5 Å². The Bertz CT molecular complexity index is 1270. The molecule has 9 nitrogen and oxygen atoms in total. The SMILES string of the molecule is Cc1c(-c2cnco2)n(C2CCCCCC2)c2nc(Nc3ccc(N4CCNCC4)cn3)ncc12. The highest BCUT2D eigenvalue weighted by molar-refractivity contribution is 5.88. The Labute approximate surface area is 205 Å². The number of oxazole rings is 1.